The second-order valence-corrected chi connectivity index (χ2v) is 4.76. The number of halogens is 1. The van der Waals surface area contributed by atoms with Crippen molar-refractivity contribution >= 4 is 11.6 Å². The Morgan fingerprint density at radius 1 is 0.917 bits per heavy atom. The molecule has 1 nitrogen and oxygen atoms in total. The largest absolute Gasteiger partial charge is 0.310 e. The molecule has 0 radical (unpaired) electrons. The van der Waals surface area contributed by atoms with Crippen molar-refractivity contribution in [1.82, 2.24) is 5.32 Å². The summed E-state index contributed by atoms with van der Waals surface area (Å²) < 4.78 is 0. The van der Waals surface area contributed by atoms with E-state index in [4.69, 9.17) is 11.6 Å². The van der Waals surface area contributed by atoms with Crippen molar-refractivity contribution in [3.63, 3.8) is 0 Å². The van der Waals surface area contributed by atoms with Crippen LogP contribution in [0.15, 0.2) is 0 Å². The molecule has 2 atom stereocenters. The highest BCUT2D eigenvalue weighted by Gasteiger charge is 2.27. The van der Waals surface area contributed by atoms with Crippen LogP contribution in [-0.2, 0) is 0 Å². The van der Waals surface area contributed by atoms with Gasteiger partial charge in [0.05, 0.1) is 0 Å². The van der Waals surface area contributed by atoms with Crippen LogP contribution in [-0.4, -0.2) is 17.5 Å². The van der Waals surface area contributed by atoms with E-state index in [2.05, 4.69) is 5.32 Å². The van der Waals surface area contributed by atoms with Gasteiger partial charge < -0.3 is 5.32 Å². The molecule has 2 aliphatic carbocycles. The molecule has 0 aliphatic heterocycles. The average Bonchev–Trinajstić information content (AvgIpc) is 2.00. The standard InChI is InChI=1S/C10H18ClN/c11-9-6-1-2-7-10(9)12-8-4-3-5-8/h8-10,12H,1-7H2. The molecule has 0 heterocycles. The second kappa shape index (κ2) is 3.97. The van der Waals surface area contributed by atoms with E-state index < -0.39 is 0 Å². The Bertz CT molecular complexity index is 145. The molecule has 0 aromatic carbocycles. The molecule has 70 valence electrons. The SMILES string of the molecule is ClC1CCCCC1NC1CCC1. The summed E-state index contributed by atoms with van der Waals surface area (Å²) >= 11 is 6.25. The predicted molar refractivity (Wildman–Crippen MR) is 52.7 cm³/mol. The third-order valence-corrected chi connectivity index (χ3v) is 3.76. The number of hydrogen-bond donors (Lipinski definition) is 1. The molecule has 2 aliphatic rings. The maximum absolute atomic E-state index is 6.25. The summed E-state index contributed by atoms with van der Waals surface area (Å²) in [6.07, 6.45) is 9.37. The van der Waals surface area contributed by atoms with Gasteiger partial charge in [-0.05, 0) is 25.7 Å². The van der Waals surface area contributed by atoms with E-state index in [1.54, 1.807) is 0 Å². The first-order valence-electron chi connectivity index (χ1n) is 5.26. The van der Waals surface area contributed by atoms with Crippen molar-refractivity contribution in [2.75, 3.05) is 0 Å². The molecular formula is C10H18ClN. The van der Waals surface area contributed by atoms with E-state index in [0.717, 1.165) is 6.04 Å². The minimum atomic E-state index is 0.402. The molecule has 2 saturated carbocycles. The lowest BCUT2D eigenvalue weighted by atomic mass is 9.89. The van der Waals surface area contributed by atoms with Gasteiger partial charge in [-0.3, -0.25) is 0 Å². The van der Waals surface area contributed by atoms with Gasteiger partial charge in [0.1, 0.15) is 0 Å². The molecule has 1 N–H and O–H groups in total. The predicted octanol–water partition coefficient (Wildman–Crippen LogP) is 2.68. The molecule has 0 aromatic rings. The van der Waals surface area contributed by atoms with Crippen LogP contribution in [0.3, 0.4) is 0 Å². The Kier molecular flexibility index (Phi) is 2.92. The van der Waals surface area contributed by atoms with E-state index in [1.807, 2.05) is 0 Å². The quantitative estimate of drug-likeness (QED) is 0.656. The van der Waals surface area contributed by atoms with Gasteiger partial charge in [0, 0.05) is 17.5 Å². The van der Waals surface area contributed by atoms with Crippen molar-refractivity contribution < 1.29 is 0 Å². The molecule has 0 saturated heterocycles. The van der Waals surface area contributed by atoms with Gasteiger partial charge >= 0.3 is 0 Å². The van der Waals surface area contributed by atoms with E-state index in [-0.39, 0.29) is 0 Å². The fourth-order valence-electron chi connectivity index (χ4n) is 2.15. The Balaban J connectivity index is 1.76. The number of rotatable bonds is 2. The highest BCUT2D eigenvalue weighted by molar-refractivity contribution is 6.21. The molecule has 0 bridgehead atoms. The lowest BCUT2D eigenvalue weighted by Crippen LogP contribution is -2.47. The Morgan fingerprint density at radius 2 is 1.67 bits per heavy atom. The highest BCUT2D eigenvalue weighted by Crippen LogP contribution is 2.26. The number of alkyl halides is 1. The third kappa shape index (κ3) is 1.94. The minimum Gasteiger partial charge on any atom is -0.310 e. The smallest absolute Gasteiger partial charge is 0.0489 e. The monoisotopic (exact) mass is 187 g/mol. The summed E-state index contributed by atoms with van der Waals surface area (Å²) in [4.78, 5) is 0. The van der Waals surface area contributed by atoms with Crippen LogP contribution >= 0.6 is 11.6 Å². The van der Waals surface area contributed by atoms with Gasteiger partial charge in [-0.1, -0.05) is 19.3 Å². The average molecular weight is 188 g/mol. The van der Waals surface area contributed by atoms with Gasteiger partial charge in [0.15, 0.2) is 0 Å². The maximum Gasteiger partial charge on any atom is 0.0489 e. The normalized spacial score (nSPS) is 37.8. The zero-order valence-electron chi connectivity index (χ0n) is 7.56. The summed E-state index contributed by atoms with van der Waals surface area (Å²) in [7, 11) is 0. The van der Waals surface area contributed by atoms with E-state index in [9.17, 15) is 0 Å². The van der Waals surface area contributed by atoms with Gasteiger partial charge in [-0.2, -0.15) is 0 Å². The summed E-state index contributed by atoms with van der Waals surface area (Å²) in [6.45, 7) is 0. The van der Waals surface area contributed by atoms with Crippen molar-refractivity contribution in [2.45, 2.75) is 62.4 Å². The molecule has 12 heavy (non-hydrogen) atoms. The van der Waals surface area contributed by atoms with Crippen LogP contribution in [0.4, 0.5) is 0 Å². The van der Waals surface area contributed by atoms with Crippen molar-refractivity contribution in [3.05, 3.63) is 0 Å². The maximum atomic E-state index is 6.25. The first kappa shape index (κ1) is 8.83. The zero-order chi connectivity index (χ0) is 8.39. The Labute approximate surface area is 79.9 Å². The summed E-state index contributed by atoms with van der Waals surface area (Å²) in [5.74, 6) is 0. The summed E-state index contributed by atoms with van der Waals surface area (Å²) in [5.41, 5.74) is 0. The number of nitrogens with one attached hydrogen (secondary N) is 1. The molecule has 2 unspecified atom stereocenters. The molecule has 0 amide bonds. The van der Waals surface area contributed by atoms with Gasteiger partial charge in [0.2, 0.25) is 0 Å². The minimum absolute atomic E-state index is 0.402. The summed E-state index contributed by atoms with van der Waals surface area (Å²) in [6, 6.07) is 1.42. The van der Waals surface area contributed by atoms with E-state index >= 15 is 0 Å². The zero-order valence-corrected chi connectivity index (χ0v) is 8.32. The highest BCUT2D eigenvalue weighted by atomic mass is 35.5. The van der Waals surface area contributed by atoms with Crippen LogP contribution in [0.5, 0.6) is 0 Å². The van der Waals surface area contributed by atoms with Crippen molar-refractivity contribution in [3.8, 4) is 0 Å². The van der Waals surface area contributed by atoms with Gasteiger partial charge in [-0.15, -0.1) is 11.6 Å². The topological polar surface area (TPSA) is 12.0 Å². The molecule has 2 heteroatoms. The second-order valence-electron chi connectivity index (χ2n) is 4.20. The lowest BCUT2D eigenvalue weighted by Gasteiger charge is -2.35. The molecule has 0 spiro atoms. The molecular weight excluding hydrogens is 170 g/mol. The molecule has 2 fully saturated rings. The first-order valence-corrected chi connectivity index (χ1v) is 5.70. The molecule has 2 rings (SSSR count). The Morgan fingerprint density at radius 3 is 2.25 bits per heavy atom. The van der Waals surface area contributed by atoms with Crippen LogP contribution in [0.25, 0.3) is 0 Å². The van der Waals surface area contributed by atoms with Crippen LogP contribution in [0.2, 0.25) is 0 Å². The summed E-state index contributed by atoms with van der Waals surface area (Å²) in [5, 5.41) is 4.08. The fourth-order valence-corrected chi connectivity index (χ4v) is 2.50. The van der Waals surface area contributed by atoms with Crippen molar-refractivity contribution in [1.29, 1.82) is 0 Å². The first-order chi connectivity index (χ1) is 5.86. The Hall–Kier alpha value is 0.250. The van der Waals surface area contributed by atoms with Crippen LogP contribution < -0.4 is 5.32 Å². The van der Waals surface area contributed by atoms with Gasteiger partial charge in [-0.25, -0.2) is 0 Å². The van der Waals surface area contributed by atoms with Crippen LogP contribution in [0, 0.1) is 0 Å². The van der Waals surface area contributed by atoms with E-state index in [0.29, 0.717) is 11.4 Å². The number of hydrogen-bond acceptors (Lipinski definition) is 1. The fraction of sp³-hybridized carbons (Fsp3) is 1.00. The van der Waals surface area contributed by atoms with Gasteiger partial charge in [0.25, 0.3) is 0 Å². The van der Waals surface area contributed by atoms with Crippen LogP contribution in [0.1, 0.15) is 44.9 Å². The van der Waals surface area contributed by atoms with E-state index in [1.165, 1.54) is 44.9 Å². The third-order valence-electron chi connectivity index (χ3n) is 3.24. The molecule has 0 aromatic heterocycles. The lowest BCUT2D eigenvalue weighted by molar-refractivity contribution is 0.269. The van der Waals surface area contributed by atoms with Crippen molar-refractivity contribution in [2.24, 2.45) is 0 Å².